The lowest BCUT2D eigenvalue weighted by atomic mass is 9.96. The molecule has 1 heterocycles. The lowest BCUT2D eigenvalue weighted by molar-refractivity contribution is -0.166. The Hall–Kier alpha value is -1.63. The molecule has 2 N–H and O–H groups in total. The first kappa shape index (κ1) is 17.4. The van der Waals surface area contributed by atoms with Gasteiger partial charge in [0.05, 0.1) is 12.6 Å². The molecule has 7 heteroatoms. The number of carboxylic acid groups (broad SMARTS) is 1. The van der Waals surface area contributed by atoms with Crippen LogP contribution in [0.3, 0.4) is 0 Å². The number of nitrogens with zero attached hydrogens (tertiary/aromatic N) is 1. The molecule has 2 atom stereocenters. The van der Waals surface area contributed by atoms with Gasteiger partial charge in [-0.25, -0.2) is 4.79 Å². The minimum atomic E-state index is -1.07. The van der Waals surface area contributed by atoms with E-state index in [9.17, 15) is 14.4 Å². The summed E-state index contributed by atoms with van der Waals surface area (Å²) >= 11 is 0. The van der Waals surface area contributed by atoms with Gasteiger partial charge in [0.1, 0.15) is 0 Å². The topological polar surface area (TPSA) is 95.9 Å². The number of amides is 2. The molecule has 0 spiro atoms. The number of ether oxygens (including phenoxy) is 1. The summed E-state index contributed by atoms with van der Waals surface area (Å²) in [5, 5.41) is 11.7. The Labute approximate surface area is 124 Å². The molecule has 0 aromatic rings. The zero-order chi connectivity index (χ0) is 16.2. The number of carboxylic acids is 1. The van der Waals surface area contributed by atoms with Crippen LogP contribution in [-0.2, 0) is 19.1 Å². The van der Waals surface area contributed by atoms with Crippen molar-refractivity contribution in [2.75, 3.05) is 19.6 Å². The van der Waals surface area contributed by atoms with Gasteiger partial charge in [0.15, 0.2) is 6.10 Å². The van der Waals surface area contributed by atoms with Gasteiger partial charge in [-0.2, -0.15) is 0 Å². The van der Waals surface area contributed by atoms with E-state index in [1.807, 2.05) is 0 Å². The maximum atomic E-state index is 12.1. The molecule has 0 aromatic carbocycles. The summed E-state index contributed by atoms with van der Waals surface area (Å²) < 4.78 is 5.25. The first-order valence-corrected chi connectivity index (χ1v) is 7.05. The Morgan fingerprint density at radius 2 is 1.90 bits per heavy atom. The van der Waals surface area contributed by atoms with Crippen LogP contribution in [0.1, 0.15) is 34.1 Å². The van der Waals surface area contributed by atoms with Crippen molar-refractivity contribution in [1.82, 2.24) is 10.2 Å². The third-order valence-electron chi connectivity index (χ3n) is 3.19. The highest BCUT2D eigenvalue weighted by Gasteiger charge is 2.32. The minimum absolute atomic E-state index is 0.0473. The van der Waals surface area contributed by atoms with E-state index in [4.69, 9.17) is 9.84 Å². The summed E-state index contributed by atoms with van der Waals surface area (Å²) in [6.07, 6.45) is -1.14. The van der Waals surface area contributed by atoms with E-state index >= 15 is 0 Å². The van der Waals surface area contributed by atoms with Crippen LogP contribution in [-0.4, -0.2) is 59.6 Å². The predicted octanol–water partition coefficient (Wildman–Crippen LogP) is 0.239. The molecule has 1 aliphatic rings. The summed E-state index contributed by atoms with van der Waals surface area (Å²) in [5.74, 6) is -1.36. The van der Waals surface area contributed by atoms with Crippen LogP contribution in [0.2, 0.25) is 0 Å². The molecule has 1 saturated heterocycles. The maximum absolute atomic E-state index is 12.1. The molecule has 0 radical (unpaired) electrons. The van der Waals surface area contributed by atoms with Gasteiger partial charge in [-0.15, -0.1) is 0 Å². The van der Waals surface area contributed by atoms with Gasteiger partial charge in [-0.3, -0.25) is 9.59 Å². The van der Waals surface area contributed by atoms with Crippen LogP contribution in [0.25, 0.3) is 0 Å². The van der Waals surface area contributed by atoms with Crippen molar-refractivity contribution in [3.63, 3.8) is 0 Å². The highest BCUT2D eigenvalue weighted by molar-refractivity contribution is 5.82. The van der Waals surface area contributed by atoms with Crippen LogP contribution in [0, 0.1) is 5.41 Å². The largest absolute Gasteiger partial charge is 0.479 e. The third-order valence-corrected chi connectivity index (χ3v) is 3.19. The number of hydrogen-bond acceptors (Lipinski definition) is 4. The van der Waals surface area contributed by atoms with Crippen molar-refractivity contribution < 1.29 is 24.2 Å². The molecular formula is C14H24N2O5. The maximum Gasteiger partial charge on any atom is 0.334 e. The number of carbonyl (C=O) groups is 3. The van der Waals surface area contributed by atoms with Gasteiger partial charge in [-0.05, 0) is 6.92 Å². The third kappa shape index (κ3) is 5.34. The summed E-state index contributed by atoms with van der Waals surface area (Å²) in [6.45, 7) is 7.79. The normalized spacial score (nSPS) is 22.8. The molecule has 0 aromatic heterocycles. The fraction of sp³-hybridized carbons (Fsp3) is 0.786. The lowest BCUT2D eigenvalue weighted by Gasteiger charge is -2.35. The van der Waals surface area contributed by atoms with E-state index in [1.54, 1.807) is 27.7 Å². The molecule has 1 unspecified atom stereocenters. The average molecular weight is 300 g/mol. The average Bonchev–Trinajstić information content (AvgIpc) is 2.36. The van der Waals surface area contributed by atoms with Crippen molar-refractivity contribution in [3.8, 4) is 0 Å². The molecule has 7 nitrogen and oxygen atoms in total. The molecule has 0 saturated carbocycles. The number of aliphatic carboxylic acids is 1. The Morgan fingerprint density at radius 1 is 1.29 bits per heavy atom. The molecule has 120 valence electrons. The monoisotopic (exact) mass is 300 g/mol. The van der Waals surface area contributed by atoms with Crippen molar-refractivity contribution in [1.29, 1.82) is 0 Å². The second-order valence-electron chi connectivity index (χ2n) is 6.33. The number of nitrogens with one attached hydrogen (secondary N) is 1. The molecule has 0 aliphatic carbocycles. The van der Waals surface area contributed by atoms with E-state index in [0.717, 1.165) is 0 Å². The molecule has 1 rings (SSSR count). The van der Waals surface area contributed by atoms with E-state index in [-0.39, 0.29) is 37.4 Å². The van der Waals surface area contributed by atoms with Gasteiger partial charge in [0, 0.05) is 24.9 Å². The van der Waals surface area contributed by atoms with Gasteiger partial charge < -0.3 is 20.1 Å². The first-order valence-electron chi connectivity index (χ1n) is 7.05. The molecule has 1 fully saturated rings. The van der Waals surface area contributed by atoms with Crippen molar-refractivity contribution in [2.45, 2.75) is 46.3 Å². The predicted molar refractivity (Wildman–Crippen MR) is 75.6 cm³/mol. The van der Waals surface area contributed by atoms with Crippen LogP contribution < -0.4 is 5.32 Å². The van der Waals surface area contributed by atoms with E-state index in [1.165, 1.54) is 4.90 Å². The van der Waals surface area contributed by atoms with Crippen LogP contribution in [0.5, 0.6) is 0 Å². The van der Waals surface area contributed by atoms with Gasteiger partial charge in [0.25, 0.3) is 0 Å². The standard InChI is InChI=1S/C14H24N2O5/c1-9-7-16(8-10(21-9)12(18)19)11(17)5-6-15-13(20)14(2,3)4/h9-10H,5-8H2,1-4H3,(H,15,20)(H,18,19)/t9-,10?/m1/s1. The lowest BCUT2D eigenvalue weighted by Crippen LogP contribution is -2.52. The number of carbonyl (C=O) groups excluding carboxylic acids is 2. The SMILES string of the molecule is C[C@@H]1CN(C(=O)CCNC(=O)C(C)(C)C)CC(C(=O)O)O1. The molecule has 2 amide bonds. The minimum Gasteiger partial charge on any atom is -0.479 e. The summed E-state index contributed by atoms with van der Waals surface area (Å²) in [5.41, 5.74) is -0.495. The highest BCUT2D eigenvalue weighted by atomic mass is 16.5. The summed E-state index contributed by atoms with van der Waals surface area (Å²) in [6, 6.07) is 0. The smallest absolute Gasteiger partial charge is 0.334 e. The van der Waals surface area contributed by atoms with E-state index < -0.39 is 17.5 Å². The second-order valence-corrected chi connectivity index (χ2v) is 6.33. The highest BCUT2D eigenvalue weighted by Crippen LogP contribution is 2.14. The second kappa shape index (κ2) is 6.89. The number of hydrogen-bond donors (Lipinski definition) is 2. The van der Waals surface area contributed by atoms with Crippen LogP contribution in [0.4, 0.5) is 0 Å². The number of rotatable bonds is 4. The van der Waals surface area contributed by atoms with E-state index in [0.29, 0.717) is 6.54 Å². The summed E-state index contributed by atoms with van der Waals surface area (Å²) in [7, 11) is 0. The Morgan fingerprint density at radius 3 is 2.43 bits per heavy atom. The van der Waals surface area contributed by atoms with E-state index in [2.05, 4.69) is 5.32 Å². The Kier molecular flexibility index (Phi) is 5.71. The quantitative estimate of drug-likeness (QED) is 0.775. The van der Waals surface area contributed by atoms with Gasteiger partial charge >= 0.3 is 5.97 Å². The molecule has 1 aliphatic heterocycles. The molecular weight excluding hydrogens is 276 g/mol. The fourth-order valence-corrected chi connectivity index (χ4v) is 2.00. The first-order chi connectivity index (χ1) is 9.61. The molecule has 0 bridgehead atoms. The van der Waals surface area contributed by atoms with Crippen molar-refractivity contribution in [3.05, 3.63) is 0 Å². The van der Waals surface area contributed by atoms with Crippen LogP contribution >= 0.6 is 0 Å². The van der Waals surface area contributed by atoms with Crippen LogP contribution in [0.15, 0.2) is 0 Å². The molecule has 21 heavy (non-hydrogen) atoms. The fourth-order valence-electron chi connectivity index (χ4n) is 2.00. The Balaban J connectivity index is 2.44. The van der Waals surface area contributed by atoms with Crippen molar-refractivity contribution in [2.24, 2.45) is 5.41 Å². The van der Waals surface area contributed by atoms with Crippen molar-refractivity contribution >= 4 is 17.8 Å². The zero-order valence-electron chi connectivity index (χ0n) is 13.0. The number of morpholine rings is 1. The summed E-state index contributed by atoms with van der Waals surface area (Å²) in [4.78, 5) is 36.2. The zero-order valence-corrected chi connectivity index (χ0v) is 13.0. The van der Waals surface area contributed by atoms with Gasteiger partial charge in [-0.1, -0.05) is 20.8 Å². The van der Waals surface area contributed by atoms with Gasteiger partial charge in [0.2, 0.25) is 11.8 Å². The Bertz CT molecular complexity index is 416.